The van der Waals surface area contributed by atoms with Gasteiger partial charge in [-0.25, -0.2) is 4.79 Å². The SMILES string of the molecule is O=C(Nc1cccc(C#CCO)c1)NC1CCCCC1. The van der Waals surface area contributed by atoms with Crippen LogP contribution < -0.4 is 10.6 Å². The van der Waals surface area contributed by atoms with Crippen LogP contribution in [0.15, 0.2) is 24.3 Å². The number of anilines is 1. The van der Waals surface area contributed by atoms with Crippen molar-refractivity contribution in [3.63, 3.8) is 0 Å². The Morgan fingerprint density at radius 2 is 2.10 bits per heavy atom. The largest absolute Gasteiger partial charge is 0.384 e. The number of nitrogens with one attached hydrogen (secondary N) is 2. The summed E-state index contributed by atoms with van der Waals surface area (Å²) < 4.78 is 0. The minimum absolute atomic E-state index is 0.163. The van der Waals surface area contributed by atoms with Crippen LogP contribution in [0.25, 0.3) is 0 Å². The molecule has 1 aliphatic rings. The highest BCUT2D eigenvalue weighted by atomic mass is 16.2. The van der Waals surface area contributed by atoms with Gasteiger partial charge in [0.05, 0.1) is 0 Å². The van der Waals surface area contributed by atoms with E-state index in [1.165, 1.54) is 19.3 Å². The number of carbonyl (C=O) groups excluding carboxylic acids is 1. The second-order valence-electron chi connectivity index (χ2n) is 4.97. The van der Waals surface area contributed by atoms with Crippen molar-refractivity contribution in [3.8, 4) is 11.8 Å². The maximum absolute atomic E-state index is 11.9. The molecule has 1 aromatic rings. The summed E-state index contributed by atoms with van der Waals surface area (Å²) in [6.45, 7) is -0.167. The van der Waals surface area contributed by atoms with Crippen molar-refractivity contribution in [2.75, 3.05) is 11.9 Å². The fraction of sp³-hybridized carbons (Fsp3) is 0.438. The van der Waals surface area contributed by atoms with Gasteiger partial charge in [-0.15, -0.1) is 0 Å². The molecule has 2 rings (SSSR count). The number of aliphatic hydroxyl groups is 1. The van der Waals surface area contributed by atoms with Gasteiger partial charge < -0.3 is 15.7 Å². The first-order valence-corrected chi connectivity index (χ1v) is 7.05. The predicted octanol–water partition coefficient (Wildman–Crippen LogP) is 2.48. The Morgan fingerprint density at radius 3 is 2.85 bits per heavy atom. The first-order chi connectivity index (χ1) is 9.78. The van der Waals surface area contributed by atoms with Gasteiger partial charge in [0.2, 0.25) is 0 Å². The molecule has 106 valence electrons. The quantitative estimate of drug-likeness (QED) is 0.724. The molecule has 1 aliphatic carbocycles. The van der Waals surface area contributed by atoms with Crippen molar-refractivity contribution in [1.82, 2.24) is 5.32 Å². The maximum Gasteiger partial charge on any atom is 0.319 e. The third-order valence-electron chi connectivity index (χ3n) is 3.37. The Hall–Kier alpha value is -1.99. The molecular weight excluding hydrogens is 252 g/mol. The van der Waals surface area contributed by atoms with Gasteiger partial charge in [-0.1, -0.05) is 37.2 Å². The summed E-state index contributed by atoms with van der Waals surface area (Å²) in [5, 5.41) is 14.5. The molecule has 0 aromatic heterocycles. The second-order valence-corrected chi connectivity index (χ2v) is 4.97. The smallest absolute Gasteiger partial charge is 0.319 e. The van der Waals surface area contributed by atoms with Gasteiger partial charge in [0.25, 0.3) is 0 Å². The highest BCUT2D eigenvalue weighted by Gasteiger charge is 2.15. The van der Waals surface area contributed by atoms with Gasteiger partial charge in [-0.3, -0.25) is 0 Å². The number of amides is 2. The molecule has 0 spiro atoms. The lowest BCUT2D eigenvalue weighted by molar-refractivity contribution is 0.244. The van der Waals surface area contributed by atoms with Gasteiger partial charge in [0.1, 0.15) is 6.61 Å². The van der Waals surface area contributed by atoms with Crippen LogP contribution in [0, 0.1) is 11.8 Å². The Kier molecular flexibility index (Phi) is 5.45. The minimum Gasteiger partial charge on any atom is -0.384 e. The fourth-order valence-electron chi connectivity index (χ4n) is 2.42. The predicted molar refractivity (Wildman–Crippen MR) is 79.4 cm³/mol. The van der Waals surface area contributed by atoms with Crippen LogP contribution in [0.5, 0.6) is 0 Å². The van der Waals surface area contributed by atoms with Crippen LogP contribution >= 0.6 is 0 Å². The van der Waals surface area contributed by atoms with E-state index in [1.807, 2.05) is 18.2 Å². The van der Waals surface area contributed by atoms with Crippen LogP contribution in [0.3, 0.4) is 0 Å². The van der Waals surface area contributed by atoms with E-state index in [4.69, 9.17) is 5.11 Å². The number of urea groups is 1. The Morgan fingerprint density at radius 1 is 1.30 bits per heavy atom. The minimum atomic E-state index is -0.167. The monoisotopic (exact) mass is 272 g/mol. The number of carbonyl (C=O) groups is 1. The topological polar surface area (TPSA) is 61.4 Å². The molecule has 1 fully saturated rings. The Balaban J connectivity index is 1.90. The number of rotatable bonds is 2. The van der Waals surface area contributed by atoms with E-state index in [9.17, 15) is 4.79 Å². The van der Waals surface area contributed by atoms with Gasteiger partial charge in [0.15, 0.2) is 0 Å². The third-order valence-corrected chi connectivity index (χ3v) is 3.37. The van der Waals surface area contributed by atoms with Crippen LogP contribution in [0.4, 0.5) is 10.5 Å². The molecule has 0 aliphatic heterocycles. The number of hydrogen-bond acceptors (Lipinski definition) is 2. The third kappa shape index (κ3) is 4.60. The lowest BCUT2D eigenvalue weighted by Crippen LogP contribution is -2.39. The Bertz CT molecular complexity index is 511. The second kappa shape index (κ2) is 7.56. The molecule has 4 heteroatoms. The van der Waals surface area contributed by atoms with E-state index in [0.29, 0.717) is 11.7 Å². The van der Waals surface area contributed by atoms with E-state index < -0.39 is 0 Å². The van der Waals surface area contributed by atoms with E-state index in [2.05, 4.69) is 22.5 Å². The lowest BCUT2D eigenvalue weighted by Gasteiger charge is -2.22. The zero-order valence-electron chi connectivity index (χ0n) is 11.5. The summed E-state index contributed by atoms with van der Waals surface area (Å²) in [6.07, 6.45) is 5.78. The van der Waals surface area contributed by atoms with Crippen LogP contribution in [0.1, 0.15) is 37.7 Å². The molecular formula is C16H20N2O2. The van der Waals surface area contributed by atoms with Gasteiger partial charge in [-0.2, -0.15) is 0 Å². The lowest BCUT2D eigenvalue weighted by atomic mass is 9.96. The van der Waals surface area contributed by atoms with Crippen molar-refractivity contribution in [2.45, 2.75) is 38.1 Å². The van der Waals surface area contributed by atoms with E-state index in [-0.39, 0.29) is 12.6 Å². The molecule has 1 saturated carbocycles. The summed E-state index contributed by atoms with van der Waals surface area (Å²) in [7, 11) is 0. The zero-order valence-corrected chi connectivity index (χ0v) is 11.5. The van der Waals surface area contributed by atoms with Crippen LogP contribution in [-0.4, -0.2) is 23.8 Å². The van der Waals surface area contributed by atoms with E-state index in [1.54, 1.807) is 6.07 Å². The zero-order chi connectivity index (χ0) is 14.2. The average Bonchev–Trinajstić information content (AvgIpc) is 2.46. The first kappa shape index (κ1) is 14.4. The number of hydrogen-bond donors (Lipinski definition) is 3. The molecule has 3 N–H and O–H groups in total. The summed E-state index contributed by atoms with van der Waals surface area (Å²) in [4.78, 5) is 11.9. The normalized spacial score (nSPS) is 15.1. The summed E-state index contributed by atoms with van der Waals surface area (Å²) in [5.74, 6) is 5.41. The molecule has 0 bridgehead atoms. The van der Waals surface area contributed by atoms with Gasteiger partial charge >= 0.3 is 6.03 Å². The average molecular weight is 272 g/mol. The van der Waals surface area contributed by atoms with Crippen LogP contribution in [-0.2, 0) is 0 Å². The maximum atomic E-state index is 11.9. The van der Waals surface area contributed by atoms with E-state index >= 15 is 0 Å². The summed E-state index contributed by atoms with van der Waals surface area (Å²) in [5.41, 5.74) is 1.48. The van der Waals surface area contributed by atoms with Crippen molar-refractivity contribution in [2.24, 2.45) is 0 Å². The Labute approximate surface area is 119 Å². The highest BCUT2D eigenvalue weighted by Crippen LogP contribution is 2.17. The molecule has 20 heavy (non-hydrogen) atoms. The standard InChI is InChI=1S/C16H20N2O2/c19-11-5-7-13-6-4-10-15(12-13)18-16(20)17-14-8-2-1-3-9-14/h4,6,10,12,14,19H,1-3,8-9,11H2,(H2,17,18,20). The van der Waals surface area contributed by atoms with Crippen molar-refractivity contribution in [1.29, 1.82) is 0 Å². The fourth-order valence-corrected chi connectivity index (χ4v) is 2.42. The van der Waals surface area contributed by atoms with Crippen molar-refractivity contribution >= 4 is 11.7 Å². The van der Waals surface area contributed by atoms with Crippen molar-refractivity contribution < 1.29 is 9.90 Å². The summed E-state index contributed by atoms with van der Waals surface area (Å²) in [6, 6.07) is 7.42. The molecule has 4 nitrogen and oxygen atoms in total. The molecule has 0 radical (unpaired) electrons. The van der Waals surface area contributed by atoms with Gasteiger partial charge in [0, 0.05) is 17.3 Å². The van der Waals surface area contributed by atoms with Crippen LogP contribution in [0.2, 0.25) is 0 Å². The number of aliphatic hydroxyl groups excluding tert-OH is 1. The molecule has 0 unspecified atom stereocenters. The van der Waals surface area contributed by atoms with Crippen molar-refractivity contribution in [3.05, 3.63) is 29.8 Å². The van der Waals surface area contributed by atoms with E-state index in [0.717, 1.165) is 18.4 Å². The summed E-state index contributed by atoms with van der Waals surface area (Å²) >= 11 is 0. The molecule has 0 atom stereocenters. The highest BCUT2D eigenvalue weighted by molar-refractivity contribution is 5.89. The molecule has 2 amide bonds. The van der Waals surface area contributed by atoms with Gasteiger partial charge in [-0.05, 0) is 31.0 Å². The number of benzene rings is 1. The first-order valence-electron chi connectivity index (χ1n) is 7.05. The molecule has 1 aromatic carbocycles. The molecule has 0 saturated heterocycles. The molecule has 0 heterocycles.